The first-order valence-electron chi connectivity index (χ1n) is 10.5. The molecule has 4 atom stereocenters. The molecule has 30 heavy (non-hydrogen) atoms. The number of urea groups is 1. The minimum atomic E-state index is -0.618. The zero-order chi connectivity index (χ0) is 20.8. The van der Waals surface area contributed by atoms with Crippen LogP contribution in [0.3, 0.4) is 0 Å². The van der Waals surface area contributed by atoms with E-state index in [0.717, 1.165) is 31.1 Å². The van der Waals surface area contributed by atoms with Gasteiger partial charge in [-0.15, -0.1) is 0 Å². The summed E-state index contributed by atoms with van der Waals surface area (Å²) in [6.45, 7) is 0. The highest BCUT2D eigenvalue weighted by atomic mass is 16.2. The maximum atomic E-state index is 13.2. The van der Waals surface area contributed by atoms with Gasteiger partial charge in [-0.3, -0.25) is 9.36 Å². The number of hydrogen-bond donors (Lipinski definition) is 3. The quantitative estimate of drug-likeness (QED) is 0.681. The van der Waals surface area contributed by atoms with Gasteiger partial charge in [-0.1, -0.05) is 30.4 Å². The number of anilines is 1. The summed E-state index contributed by atoms with van der Waals surface area (Å²) >= 11 is 0. The fraction of sp³-hybridized carbons (Fsp3) is 0.409. The standard InChI is InChI=1S/C22H25N5O3/c23-21(29)26-12-16(15-8-4-5-9-17(15)26)25-22(30)27-18-10-13(18)11-19(27)20(28)24-14-6-2-1-3-7-14/h2,4-6,8-9,12-14,18-19H,1,3,7,10-11H2,(H2,23,29)(H,24,28)(H,25,30)/t13-,14-,18-,19+/m1/s1. The number of nitrogens with two attached hydrogens (primary N) is 1. The number of allylic oxidation sites excluding steroid dienone is 1. The van der Waals surface area contributed by atoms with Crippen LogP contribution in [0.5, 0.6) is 0 Å². The van der Waals surface area contributed by atoms with Gasteiger partial charge in [0.05, 0.1) is 11.2 Å². The Hall–Kier alpha value is -3.29. The second-order valence-corrected chi connectivity index (χ2v) is 8.39. The number of piperidine rings is 1. The topological polar surface area (TPSA) is 109 Å². The maximum Gasteiger partial charge on any atom is 0.323 e. The number of nitrogens with one attached hydrogen (secondary N) is 2. The van der Waals surface area contributed by atoms with Crippen molar-refractivity contribution in [3.05, 3.63) is 42.6 Å². The van der Waals surface area contributed by atoms with E-state index in [0.29, 0.717) is 23.5 Å². The fourth-order valence-corrected chi connectivity index (χ4v) is 4.84. The van der Waals surface area contributed by atoms with E-state index in [4.69, 9.17) is 5.73 Å². The lowest BCUT2D eigenvalue weighted by Crippen LogP contribution is -2.51. The van der Waals surface area contributed by atoms with Gasteiger partial charge >= 0.3 is 12.1 Å². The van der Waals surface area contributed by atoms with Crippen LogP contribution in [-0.2, 0) is 4.79 Å². The van der Waals surface area contributed by atoms with Crippen LogP contribution in [0, 0.1) is 5.92 Å². The highest BCUT2D eigenvalue weighted by Crippen LogP contribution is 2.48. The van der Waals surface area contributed by atoms with Crippen molar-refractivity contribution in [2.24, 2.45) is 11.7 Å². The van der Waals surface area contributed by atoms with Crippen molar-refractivity contribution in [2.45, 2.75) is 50.2 Å². The van der Waals surface area contributed by atoms with Crippen LogP contribution in [0.15, 0.2) is 42.6 Å². The van der Waals surface area contributed by atoms with Gasteiger partial charge in [0.25, 0.3) is 0 Å². The SMILES string of the molecule is NC(=O)n1cc(NC(=O)N2[C@@H]3C[C@@H]3C[C@H]2C(=O)N[C@@H]2C=CCCC2)c2ccccc21. The zero-order valence-electron chi connectivity index (χ0n) is 16.6. The molecule has 5 rings (SSSR count). The second kappa shape index (κ2) is 7.19. The number of carbonyl (C=O) groups excluding carboxylic acids is 3. The molecule has 8 nitrogen and oxygen atoms in total. The van der Waals surface area contributed by atoms with Gasteiger partial charge in [0, 0.05) is 23.7 Å². The third kappa shape index (κ3) is 3.22. The monoisotopic (exact) mass is 407 g/mol. The second-order valence-electron chi connectivity index (χ2n) is 8.39. The minimum Gasteiger partial charge on any atom is -0.351 e. The molecule has 1 saturated heterocycles. The lowest BCUT2D eigenvalue weighted by molar-refractivity contribution is -0.125. The normalized spacial score (nSPS) is 27.0. The summed E-state index contributed by atoms with van der Waals surface area (Å²) in [5.74, 6) is 0.300. The lowest BCUT2D eigenvalue weighted by atomic mass is 10.0. The number of primary amides is 1. The molecule has 3 aliphatic rings. The van der Waals surface area contributed by atoms with Crippen LogP contribution in [-0.4, -0.2) is 45.6 Å². The van der Waals surface area contributed by atoms with E-state index in [1.54, 1.807) is 11.0 Å². The predicted molar refractivity (Wildman–Crippen MR) is 113 cm³/mol. The molecule has 0 bridgehead atoms. The maximum absolute atomic E-state index is 13.2. The number of rotatable bonds is 3. The smallest absolute Gasteiger partial charge is 0.323 e. The Labute approximate surface area is 174 Å². The van der Waals surface area contributed by atoms with Crippen LogP contribution in [0.2, 0.25) is 0 Å². The van der Waals surface area contributed by atoms with Gasteiger partial charge in [-0.2, -0.15) is 0 Å². The number of aromatic nitrogens is 1. The number of amides is 4. The molecule has 1 aromatic carbocycles. The molecule has 2 aromatic rings. The molecule has 8 heteroatoms. The summed E-state index contributed by atoms with van der Waals surface area (Å²) in [4.78, 5) is 39.5. The summed E-state index contributed by atoms with van der Waals surface area (Å²) in [5.41, 5.74) is 6.60. The third-order valence-electron chi connectivity index (χ3n) is 6.41. The summed E-state index contributed by atoms with van der Waals surface area (Å²) in [7, 11) is 0. The van der Waals surface area contributed by atoms with Crippen molar-refractivity contribution in [3.8, 4) is 0 Å². The van der Waals surface area contributed by atoms with Gasteiger partial charge in [-0.05, 0) is 44.1 Å². The van der Waals surface area contributed by atoms with Crippen LogP contribution >= 0.6 is 0 Å². The van der Waals surface area contributed by atoms with Crippen LogP contribution < -0.4 is 16.4 Å². The highest BCUT2D eigenvalue weighted by Gasteiger charge is 2.56. The van der Waals surface area contributed by atoms with Gasteiger partial charge < -0.3 is 21.3 Å². The number of hydrogen-bond acceptors (Lipinski definition) is 3. The lowest BCUT2D eigenvalue weighted by Gasteiger charge is -2.28. The zero-order valence-corrected chi connectivity index (χ0v) is 16.6. The third-order valence-corrected chi connectivity index (χ3v) is 6.41. The fourth-order valence-electron chi connectivity index (χ4n) is 4.84. The van der Waals surface area contributed by atoms with E-state index >= 15 is 0 Å². The molecule has 2 fully saturated rings. The van der Waals surface area contributed by atoms with Crippen molar-refractivity contribution >= 4 is 34.6 Å². The van der Waals surface area contributed by atoms with E-state index in [9.17, 15) is 14.4 Å². The minimum absolute atomic E-state index is 0.0432. The molecular weight excluding hydrogens is 382 g/mol. The Morgan fingerprint density at radius 3 is 2.73 bits per heavy atom. The van der Waals surface area contributed by atoms with Gasteiger partial charge in [0.2, 0.25) is 5.91 Å². The molecule has 0 radical (unpaired) electrons. The van der Waals surface area contributed by atoms with Crippen LogP contribution in [0.1, 0.15) is 32.1 Å². The van der Waals surface area contributed by atoms with E-state index in [1.807, 2.05) is 24.3 Å². The van der Waals surface area contributed by atoms with Crippen molar-refractivity contribution in [1.29, 1.82) is 0 Å². The summed E-state index contributed by atoms with van der Waals surface area (Å²) in [6, 6.07) is 6.00. The molecule has 0 unspecified atom stereocenters. The molecule has 2 heterocycles. The van der Waals surface area contributed by atoms with Crippen molar-refractivity contribution < 1.29 is 14.4 Å². The number of likely N-dealkylation sites (tertiary alicyclic amines) is 1. The van der Waals surface area contributed by atoms with E-state index in [1.165, 1.54) is 10.8 Å². The van der Waals surface area contributed by atoms with Gasteiger partial charge in [0.1, 0.15) is 6.04 Å². The highest BCUT2D eigenvalue weighted by molar-refractivity contribution is 6.05. The Balaban J connectivity index is 1.36. The molecule has 1 saturated carbocycles. The first-order chi connectivity index (χ1) is 14.5. The van der Waals surface area contributed by atoms with E-state index < -0.39 is 12.1 Å². The van der Waals surface area contributed by atoms with Crippen molar-refractivity contribution in [1.82, 2.24) is 14.8 Å². The van der Waals surface area contributed by atoms with Crippen LogP contribution in [0.4, 0.5) is 15.3 Å². The number of para-hydroxylation sites is 1. The molecule has 2 aliphatic carbocycles. The van der Waals surface area contributed by atoms with E-state index in [2.05, 4.69) is 16.7 Å². The van der Waals surface area contributed by atoms with Gasteiger partial charge in [-0.25, -0.2) is 9.59 Å². The summed E-state index contributed by atoms with van der Waals surface area (Å²) < 4.78 is 1.31. The summed E-state index contributed by atoms with van der Waals surface area (Å²) in [6.07, 6.45) is 10.3. The average Bonchev–Trinajstić information content (AvgIpc) is 3.24. The Morgan fingerprint density at radius 2 is 1.97 bits per heavy atom. The average molecular weight is 407 g/mol. The Kier molecular flexibility index (Phi) is 4.49. The first-order valence-corrected chi connectivity index (χ1v) is 10.5. The Bertz CT molecular complexity index is 1060. The Morgan fingerprint density at radius 1 is 1.13 bits per heavy atom. The van der Waals surface area contributed by atoms with Crippen LogP contribution in [0.25, 0.3) is 10.9 Å². The molecule has 1 aromatic heterocycles. The molecule has 156 valence electrons. The molecular formula is C22H25N5O3. The molecule has 0 spiro atoms. The molecule has 1 aliphatic heterocycles. The predicted octanol–water partition coefficient (Wildman–Crippen LogP) is 2.79. The van der Waals surface area contributed by atoms with Crippen molar-refractivity contribution in [2.75, 3.05) is 5.32 Å². The summed E-state index contributed by atoms with van der Waals surface area (Å²) in [5, 5.41) is 6.73. The first kappa shape index (κ1) is 18.7. The molecule has 4 N–H and O–H groups in total. The van der Waals surface area contributed by atoms with E-state index in [-0.39, 0.29) is 24.0 Å². The number of fused-ring (bicyclic) bond motifs is 2. The largest absolute Gasteiger partial charge is 0.351 e. The van der Waals surface area contributed by atoms with Crippen molar-refractivity contribution in [3.63, 3.8) is 0 Å². The van der Waals surface area contributed by atoms with Gasteiger partial charge in [0.15, 0.2) is 0 Å². The number of nitrogens with zero attached hydrogens (tertiary/aromatic N) is 2. The number of carbonyl (C=O) groups is 3. The number of benzene rings is 1. The molecule has 4 amide bonds.